The maximum Gasteiger partial charge on any atom is 0.424 e. The lowest BCUT2D eigenvalue weighted by Gasteiger charge is -2.36. The Bertz CT molecular complexity index is 1430. The van der Waals surface area contributed by atoms with Gasteiger partial charge in [0.1, 0.15) is 18.0 Å². The second kappa shape index (κ2) is 13.9. The van der Waals surface area contributed by atoms with Crippen LogP contribution in [0, 0.1) is 5.82 Å². The molecule has 1 aliphatic rings. The van der Waals surface area contributed by atoms with Crippen LogP contribution in [0.25, 0.3) is 11.1 Å². The van der Waals surface area contributed by atoms with Crippen LogP contribution >= 0.6 is 0 Å². The Morgan fingerprint density at radius 1 is 1.09 bits per heavy atom. The van der Waals surface area contributed by atoms with E-state index in [1.807, 2.05) is 11.0 Å². The highest BCUT2D eigenvalue weighted by molar-refractivity contribution is 7.88. The largest absolute Gasteiger partial charge is 0.443 e. The number of piperidine rings is 1. The average Bonchev–Trinajstić information content (AvgIpc) is 2.90. The molecule has 3 rings (SSSR count). The van der Waals surface area contributed by atoms with Crippen LogP contribution in [0.15, 0.2) is 35.7 Å². The fourth-order valence-corrected chi connectivity index (χ4v) is 5.70. The molecule has 14 heteroatoms. The molecule has 1 aromatic heterocycles. The van der Waals surface area contributed by atoms with Crippen molar-refractivity contribution in [3.05, 3.63) is 42.0 Å². The van der Waals surface area contributed by atoms with E-state index in [4.69, 9.17) is 14.0 Å². The van der Waals surface area contributed by atoms with Gasteiger partial charge < -0.3 is 18.9 Å². The minimum Gasteiger partial charge on any atom is -0.443 e. The number of hydrogen-bond donors (Lipinski definition) is 0. The molecule has 1 aliphatic heterocycles. The Balaban J connectivity index is 1.55. The molecule has 244 valence electrons. The van der Waals surface area contributed by atoms with Gasteiger partial charge in [0.05, 0.1) is 25.1 Å². The van der Waals surface area contributed by atoms with E-state index in [9.17, 15) is 13.2 Å². The number of ether oxygens (including phenoxy) is 1. The summed E-state index contributed by atoms with van der Waals surface area (Å²) in [6.07, 6.45) is 4.43. The van der Waals surface area contributed by atoms with Gasteiger partial charge in [-0.3, -0.25) is 0 Å². The lowest BCUT2D eigenvalue weighted by molar-refractivity contribution is 0.0343. The minimum absolute atomic E-state index is 0.0318. The first-order valence-electron chi connectivity index (χ1n) is 14.7. The lowest BCUT2D eigenvalue weighted by Crippen LogP contribution is -2.42. The molecule has 2 aromatic rings. The molecule has 0 unspecified atom stereocenters. The van der Waals surface area contributed by atoms with Gasteiger partial charge in [0.15, 0.2) is 8.32 Å². The van der Waals surface area contributed by atoms with Crippen molar-refractivity contribution in [2.45, 2.75) is 84.7 Å². The molecule has 2 heterocycles. The number of nitrogens with zero attached hydrogens (tertiary/aromatic N) is 5. The molecule has 1 aromatic carbocycles. The monoisotopic (exact) mass is 651 g/mol. The molecular formula is C30H46FN5O6SSi. The third-order valence-corrected chi connectivity index (χ3v) is 13.2. The first-order valence-corrected chi connectivity index (χ1v) is 19.4. The standard InChI is InChI=1S/C30H46FN5O6SSi/c1-29(2,3)42-28(37)36(43(7,38)39)17-18-40-34-24-13-15-35(16-14-24)27-32-19-23(20-33-27)25-12-10-11-22(26(25)31)21-41-44(8,9)30(4,5)6/h10-12,19-20H,13-18,21H2,1-9H3. The van der Waals surface area contributed by atoms with E-state index in [0.717, 1.165) is 12.0 Å². The smallest absolute Gasteiger partial charge is 0.424 e. The molecule has 0 radical (unpaired) electrons. The van der Waals surface area contributed by atoms with E-state index >= 15 is 4.39 Å². The molecule has 0 aliphatic carbocycles. The van der Waals surface area contributed by atoms with E-state index in [1.165, 1.54) is 0 Å². The van der Waals surface area contributed by atoms with E-state index < -0.39 is 30.0 Å². The summed E-state index contributed by atoms with van der Waals surface area (Å²) in [5.41, 5.74) is 1.50. The van der Waals surface area contributed by atoms with Crippen molar-refractivity contribution in [3.63, 3.8) is 0 Å². The predicted octanol–water partition coefficient (Wildman–Crippen LogP) is 5.97. The molecule has 44 heavy (non-hydrogen) atoms. The van der Waals surface area contributed by atoms with Gasteiger partial charge in [0.2, 0.25) is 16.0 Å². The summed E-state index contributed by atoms with van der Waals surface area (Å²) in [5.74, 6) is 0.208. The quantitative estimate of drug-likeness (QED) is 0.174. The Morgan fingerprint density at radius 2 is 1.70 bits per heavy atom. The number of carbonyl (C=O) groups excluding carboxylic acids is 1. The number of anilines is 1. The SMILES string of the molecule is CC(C)(C)OC(=O)N(CCON=C1CCN(c2ncc(-c3cccc(CO[Si](C)(C)C(C)(C)C)c3F)cn2)CC1)S(C)(=O)=O. The summed E-state index contributed by atoms with van der Waals surface area (Å²) in [4.78, 5) is 28.6. The number of amides is 1. The second-order valence-electron chi connectivity index (χ2n) is 13.4. The van der Waals surface area contributed by atoms with Gasteiger partial charge in [-0.2, -0.15) is 0 Å². The third kappa shape index (κ3) is 9.70. The van der Waals surface area contributed by atoms with Crippen molar-refractivity contribution in [3.8, 4) is 11.1 Å². The van der Waals surface area contributed by atoms with E-state index in [2.05, 4.69) is 49.0 Å². The van der Waals surface area contributed by atoms with Crippen LogP contribution in [0.3, 0.4) is 0 Å². The topological polar surface area (TPSA) is 124 Å². The second-order valence-corrected chi connectivity index (χ2v) is 20.1. The number of oxime groups is 1. The molecule has 11 nitrogen and oxygen atoms in total. The summed E-state index contributed by atoms with van der Waals surface area (Å²) in [7, 11) is -5.86. The van der Waals surface area contributed by atoms with Crippen LogP contribution < -0.4 is 4.90 Å². The highest BCUT2D eigenvalue weighted by atomic mass is 32.2. The Kier molecular flexibility index (Phi) is 11.2. The fraction of sp³-hybridized carbons (Fsp3) is 0.600. The molecule has 1 fully saturated rings. The van der Waals surface area contributed by atoms with Crippen molar-refractivity contribution in [1.29, 1.82) is 0 Å². The first kappa shape index (κ1) is 35.4. The number of benzene rings is 1. The van der Waals surface area contributed by atoms with Crippen molar-refractivity contribution >= 4 is 36.1 Å². The molecule has 0 bridgehead atoms. The van der Waals surface area contributed by atoms with Crippen LogP contribution in [0.5, 0.6) is 0 Å². The van der Waals surface area contributed by atoms with Crippen molar-refractivity contribution in [2.75, 3.05) is 37.4 Å². The third-order valence-electron chi connectivity index (χ3n) is 7.62. The van der Waals surface area contributed by atoms with Crippen LogP contribution in [0.2, 0.25) is 18.1 Å². The van der Waals surface area contributed by atoms with E-state index in [0.29, 0.717) is 52.9 Å². The molecule has 0 spiro atoms. The van der Waals surface area contributed by atoms with Gasteiger partial charge in [-0.05, 0) is 38.9 Å². The zero-order valence-electron chi connectivity index (χ0n) is 27.3. The van der Waals surface area contributed by atoms with Gasteiger partial charge in [-0.25, -0.2) is 31.9 Å². The lowest BCUT2D eigenvalue weighted by atomic mass is 10.1. The number of aromatic nitrogens is 2. The van der Waals surface area contributed by atoms with Crippen LogP contribution in [0.1, 0.15) is 59.9 Å². The van der Waals surface area contributed by atoms with Gasteiger partial charge in [-0.1, -0.05) is 44.1 Å². The van der Waals surface area contributed by atoms with Gasteiger partial charge in [0, 0.05) is 55.0 Å². The van der Waals surface area contributed by atoms with Crippen molar-refractivity contribution in [2.24, 2.45) is 5.16 Å². The Morgan fingerprint density at radius 3 is 2.25 bits per heavy atom. The van der Waals surface area contributed by atoms with Crippen molar-refractivity contribution < 1.29 is 31.6 Å². The van der Waals surface area contributed by atoms with E-state index in [-0.39, 0.29) is 30.6 Å². The normalized spacial score (nSPS) is 14.8. The molecule has 0 saturated carbocycles. The average molecular weight is 652 g/mol. The molecule has 1 amide bonds. The first-order chi connectivity index (χ1) is 20.3. The summed E-state index contributed by atoms with van der Waals surface area (Å²) >= 11 is 0. The number of sulfonamides is 1. The maximum absolute atomic E-state index is 15.5. The maximum atomic E-state index is 15.5. The van der Waals surface area contributed by atoms with Gasteiger partial charge >= 0.3 is 6.09 Å². The minimum atomic E-state index is -3.83. The Hall–Kier alpha value is -3.10. The highest BCUT2D eigenvalue weighted by Crippen LogP contribution is 2.37. The zero-order chi connectivity index (χ0) is 32.9. The summed E-state index contributed by atoms with van der Waals surface area (Å²) in [6, 6.07) is 5.29. The molecule has 1 saturated heterocycles. The van der Waals surface area contributed by atoms with Crippen LogP contribution in [-0.4, -0.2) is 80.9 Å². The molecular weight excluding hydrogens is 606 g/mol. The number of halogens is 1. The number of rotatable bonds is 10. The van der Waals surface area contributed by atoms with Crippen LogP contribution in [0.4, 0.5) is 15.1 Å². The summed E-state index contributed by atoms with van der Waals surface area (Å²) in [6.45, 7) is 16.8. The van der Waals surface area contributed by atoms with Crippen LogP contribution in [-0.2, 0) is 30.6 Å². The summed E-state index contributed by atoms with van der Waals surface area (Å²) in [5, 5.41) is 4.17. The predicted molar refractivity (Wildman–Crippen MR) is 172 cm³/mol. The highest BCUT2D eigenvalue weighted by Gasteiger charge is 2.37. The number of carbonyl (C=O) groups is 1. The van der Waals surface area contributed by atoms with Crippen molar-refractivity contribution in [1.82, 2.24) is 14.3 Å². The van der Waals surface area contributed by atoms with Gasteiger partial charge in [-0.15, -0.1) is 0 Å². The number of hydrogen-bond acceptors (Lipinski definition) is 10. The fourth-order valence-electron chi connectivity index (χ4n) is 4.03. The summed E-state index contributed by atoms with van der Waals surface area (Å²) < 4.78 is 51.6. The zero-order valence-corrected chi connectivity index (χ0v) is 29.1. The molecule has 0 N–H and O–H groups in total. The van der Waals surface area contributed by atoms with Gasteiger partial charge in [0.25, 0.3) is 0 Å². The Labute approximate surface area is 262 Å². The molecule has 0 atom stereocenters. The van der Waals surface area contributed by atoms with E-state index in [1.54, 1.807) is 45.3 Å².